The Morgan fingerprint density at radius 2 is 2.47 bits per heavy atom. The molecule has 17 heavy (non-hydrogen) atoms. The predicted octanol–water partition coefficient (Wildman–Crippen LogP) is 1.14. The number of piperidine rings is 1. The highest BCUT2D eigenvalue weighted by Crippen LogP contribution is 2.23. The molecule has 2 rings (SSSR count). The summed E-state index contributed by atoms with van der Waals surface area (Å²) < 4.78 is 0. The highest BCUT2D eigenvalue weighted by atomic mass is 16.2. The van der Waals surface area contributed by atoms with Crippen LogP contribution < -0.4 is 5.73 Å². The van der Waals surface area contributed by atoms with Gasteiger partial charge in [-0.3, -0.25) is 9.78 Å². The zero-order chi connectivity index (χ0) is 12.3. The normalized spacial score (nSPS) is 24.7. The van der Waals surface area contributed by atoms with Crippen molar-refractivity contribution in [1.29, 1.82) is 0 Å². The zero-order valence-electron chi connectivity index (χ0n) is 10.2. The van der Waals surface area contributed by atoms with Crippen molar-refractivity contribution in [2.24, 2.45) is 17.6 Å². The lowest BCUT2D eigenvalue weighted by atomic mass is 9.87. The second-order valence-corrected chi connectivity index (χ2v) is 4.75. The third kappa shape index (κ3) is 2.64. The van der Waals surface area contributed by atoms with Crippen molar-refractivity contribution >= 4 is 5.91 Å². The minimum Gasteiger partial charge on any atom is -0.338 e. The maximum Gasteiger partial charge on any atom is 0.255 e. The summed E-state index contributed by atoms with van der Waals surface area (Å²) in [7, 11) is 0. The molecule has 2 N–H and O–H groups in total. The van der Waals surface area contributed by atoms with E-state index in [4.69, 9.17) is 5.73 Å². The number of carbonyl (C=O) groups is 1. The van der Waals surface area contributed by atoms with E-state index in [-0.39, 0.29) is 5.91 Å². The Morgan fingerprint density at radius 3 is 3.12 bits per heavy atom. The van der Waals surface area contributed by atoms with E-state index in [0.717, 1.165) is 19.5 Å². The molecule has 92 valence electrons. The van der Waals surface area contributed by atoms with E-state index in [9.17, 15) is 4.79 Å². The molecule has 0 saturated carbocycles. The molecule has 1 aromatic heterocycles. The van der Waals surface area contributed by atoms with E-state index >= 15 is 0 Å². The average Bonchev–Trinajstić information content (AvgIpc) is 2.39. The number of nitrogens with two attached hydrogens (primary N) is 1. The molecule has 4 nitrogen and oxygen atoms in total. The quantitative estimate of drug-likeness (QED) is 0.833. The van der Waals surface area contributed by atoms with Crippen molar-refractivity contribution < 1.29 is 4.79 Å². The van der Waals surface area contributed by atoms with Gasteiger partial charge in [0.05, 0.1) is 5.56 Å². The lowest BCUT2D eigenvalue weighted by Gasteiger charge is -2.36. The second kappa shape index (κ2) is 5.27. The van der Waals surface area contributed by atoms with Crippen LogP contribution in [-0.2, 0) is 0 Å². The van der Waals surface area contributed by atoms with Gasteiger partial charge in [-0.05, 0) is 36.9 Å². The highest BCUT2D eigenvalue weighted by molar-refractivity contribution is 5.93. The molecule has 0 radical (unpaired) electrons. The van der Waals surface area contributed by atoms with E-state index in [2.05, 4.69) is 11.9 Å². The molecular formula is C13H19N3O. The predicted molar refractivity (Wildman–Crippen MR) is 66.5 cm³/mol. The van der Waals surface area contributed by atoms with Crippen LogP contribution in [0, 0.1) is 11.8 Å². The Balaban J connectivity index is 2.06. The van der Waals surface area contributed by atoms with E-state index in [1.165, 1.54) is 0 Å². The molecular weight excluding hydrogens is 214 g/mol. The number of hydrogen-bond acceptors (Lipinski definition) is 3. The average molecular weight is 233 g/mol. The van der Waals surface area contributed by atoms with Gasteiger partial charge in [-0.15, -0.1) is 0 Å². The van der Waals surface area contributed by atoms with Crippen molar-refractivity contribution in [1.82, 2.24) is 9.88 Å². The summed E-state index contributed by atoms with van der Waals surface area (Å²) in [6.07, 6.45) is 4.34. The fourth-order valence-corrected chi connectivity index (χ4v) is 2.31. The molecule has 2 unspecified atom stereocenters. The molecule has 0 spiro atoms. The summed E-state index contributed by atoms with van der Waals surface area (Å²) in [6, 6.07) is 3.60. The summed E-state index contributed by atoms with van der Waals surface area (Å²) in [5.41, 5.74) is 6.41. The summed E-state index contributed by atoms with van der Waals surface area (Å²) in [4.78, 5) is 18.1. The number of amides is 1. The van der Waals surface area contributed by atoms with Gasteiger partial charge < -0.3 is 10.6 Å². The van der Waals surface area contributed by atoms with Crippen molar-refractivity contribution in [3.63, 3.8) is 0 Å². The number of carbonyl (C=O) groups excluding carboxylic acids is 1. The molecule has 0 aromatic carbocycles. The smallest absolute Gasteiger partial charge is 0.255 e. The molecule has 4 heteroatoms. The van der Waals surface area contributed by atoms with Gasteiger partial charge in [0.25, 0.3) is 5.91 Å². The second-order valence-electron chi connectivity index (χ2n) is 4.75. The highest BCUT2D eigenvalue weighted by Gasteiger charge is 2.28. The summed E-state index contributed by atoms with van der Waals surface area (Å²) in [5.74, 6) is 1.10. The number of hydrogen-bond donors (Lipinski definition) is 1. The largest absolute Gasteiger partial charge is 0.338 e. The van der Waals surface area contributed by atoms with Crippen LogP contribution in [0.15, 0.2) is 24.5 Å². The maximum absolute atomic E-state index is 12.2. The first-order valence-electron chi connectivity index (χ1n) is 6.11. The summed E-state index contributed by atoms with van der Waals surface area (Å²) in [6.45, 7) is 4.46. The molecule has 1 saturated heterocycles. The van der Waals surface area contributed by atoms with E-state index in [1.54, 1.807) is 18.5 Å². The Hall–Kier alpha value is -1.42. The van der Waals surface area contributed by atoms with Gasteiger partial charge in [0.15, 0.2) is 0 Å². The van der Waals surface area contributed by atoms with Gasteiger partial charge in [0.1, 0.15) is 0 Å². The fraction of sp³-hybridized carbons (Fsp3) is 0.538. The topological polar surface area (TPSA) is 59.2 Å². The molecule has 1 aromatic rings. The van der Waals surface area contributed by atoms with Gasteiger partial charge in [-0.1, -0.05) is 6.92 Å². The van der Waals surface area contributed by atoms with E-state index < -0.39 is 0 Å². The minimum atomic E-state index is 0.0726. The first kappa shape index (κ1) is 12.0. The first-order chi connectivity index (χ1) is 8.22. The molecule has 1 aliphatic heterocycles. The van der Waals surface area contributed by atoms with Gasteiger partial charge in [0.2, 0.25) is 0 Å². The van der Waals surface area contributed by atoms with Crippen LogP contribution in [0.3, 0.4) is 0 Å². The van der Waals surface area contributed by atoms with Crippen LogP contribution in [0.2, 0.25) is 0 Å². The minimum absolute atomic E-state index is 0.0726. The van der Waals surface area contributed by atoms with E-state index in [1.807, 2.05) is 11.0 Å². The fourth-order valence-electron chi connectivity index (χ4n) is 2.31. The molecule has 0 bridgehead atoms. The van der Waals surface area contributed by atoms with Gasteiger partial charge in [-0.2, -0.15) is 0 Å². The number of nitrogens with zero attached hydrogens (tertiary/aromatic N) is 2. The van der Waals surface area contributed by atoms with Crippen LogP contribution in [-0.4, -0.2) is 35.4 Å². The number of rotatable bonds is 2. The lowest BCUT2D eigenvalue weighted by Crippen LogP contribution is -2.45. The Kier molecular flexibility index (Phi) is 3.74. The Labute approximate surface area is 102 Å². The molecule has 1 amide bonds. The Bertz CT molecular complexity index is 380. The van der Waals surface area contributed by atoms with E-state index in [0.29, 0.717) is 23.9 Å². The van der Waals surface area contributed by atoms with Crippen LogP contribution >= 0.6 is 0 Å². The van der Waals surface area contributed by atoms with Crippen molar-refractivity contribution in [3.8, 4) is 0 Å². The number of aromatic nitrogens is 1. The van der Waals surface area contributed by atoms with Crippen molar-refractivity contribution in [3.05, 3.63) is 30.1 Å². The lowest BCUT2D eigenvalue weighted by molar-refractivity contribution is 0.0618. The van der Waals surface area contributed by atoms with Crippen LogP contribution in [0.1, 0.15) is 23.7 Å². The zero-order valence-corrected chi connectivity index (χ0v) is 10.2. The monoisotopic (exact) mass is 233 g/mol. The number of pyridine rings is 1. The van der Waals surface area contributed by atoms with Crippen LogP contribution in [0.4, 0.5) is 0 Å². The third-order valence-corrected chi connectivity index (χ3v) is 3.61. The summed E-state index contributed by atoms with van der Waals surface area (Å²) in [5, 5.41) is 0. The van der Waals surface area contributed by atoms with Crippen LogP contribution in [0.5, 0.6) is 0 Å². The standard InChI is InChI=1S/C13H19N3O/c1-10-4-6-16(9-12(10)7-14)13(17)11-3-2-5-15-8-11/h2-3,5,8,10,12H,4,6-7,9,14H2,1H3. The summed E-state index contributed by atoms with van der Waals surface area (Å²) >= 11 is 0. The third-order valence-electron chi connectivity index (χ3n) is 3.61. The first-order valence-corrected chi connectivity index (χ1v) is 6.11. The molecule has 2 heterocycles. The van der Waals surface area contributed by atoms with Crippen molar-refractivity contribution in [2.75, 3.05) is 19.6 Å². The molecule has 2 atom stereocenters. The van der Waals surface area contributed by atoms with Crippen LogP contribution in [0.25, 0.3) is 0 Å². The maximum atomic E-state index is 12.2. The van der Waals surface area contributed by atoms with Gasteiger partial charge in [0, 0.05) is 25.5 Å². The number of likely N-dealkylation sites (tertiary alicyclic amines) is 1. The van der Waals surface area contributed by atoms with Crippen molar-refractivity contribution in [2.45, 2.75) is 13.3 Å². The molecule has 0 aliphatic carbocycles. The molecule has 1 aliphatic rings. The van der Waals surface area contributed by atoms with Gasteiger partial charge >= 0.3 is 0 Å². The SMILES string of the molecule is CC1CCN(C(=O)c2cccnc2)CC1CN. The van der Waals surface area contributed by atoms with Gasteiger partial charge in [-0.25, -0.2) is 0 Å². The molecule has 1 fully saturated rings. The Morgan fingerprint density at radius 1 is 1.65 bits per heavy atom.